The van der Waals surface area contributed by atoms with Crippen molar-refractivity contribution in [2.75, 3.05) is 13.2 Å². The van der Waals surface area contributed by atoms with Crippen LogP contribution in [0.2, 0.25) is 0 Å². The third-order valence-corrected chi connectivity index (χ3v) is 3.52. The molecule has 19 heavy (non-hydrogen) atoms. The Morgan fingerprint density at radius 2 is 2.11 bits per heavy atom. The van der Waals surface area contributed by atoms with Gasteiger partial charge in [0, 0.05) is 18.3 Å². The lowest BCUT2D eigenvalue weighted by Gasteiger charge is -2.19. The van der Waals surface area contributed by atoms with Gasteiger partial charge in [-0.05, 0) is 39.7 Å². The van der Waals surface area contributed by atoms with E-state index in [0.717, 1.165) is 25.1 Å². The molecule has 5 heteroatoms. The molecule has 1 rings (SSSR count). The van der Waals surface area contributed by atoms with Gasteiger partial charge < -0.3 is 15.4 Å². The Balaban J connectivity index is 2.73. The molecule has 0 saturated carbocycles. The highest BCUT2D eigenvalue weighted by atomic mass is 16.3. The van der Waals surface area contributed by atoms with Crippen LogP contribution in [0.15, 0.2) is 4.79 Å². The van der Waals surface area contributed by atoms with Gasteiger partial charge >= 0.3 is 0 Å². The maximum atomic E-state index is 12.0. The number of rotatable bonds is 7. The van der Waals surface area contributed by atoms with Crippen LogP contribution in [-0.4, -0.2) is 28.2 Å². The van der Waals surface area contributed by atoms with Crippen LogP contribution in [0, 0.1) is 19.8 Å². The summed E-state index contributed by atoms with van der Waals surface area (Å²) < 4.78 is 0. The van der Waals surface area contributed by atoms with Gasteiger partial charge in [-0.15, -0.1) is 0 Å². The van der Waals surface area contributed by atoms with Crippen LogP contribution in [0.1, 0.15) is 49.8 Å². The lowest BCUT2D eigenvalue weighted by Crippen LogP contribution is -2.31. The molecule has 2 atom stereocenters. The molecule has 0 spiro atoms. The highest BCUT2D eigenvalue weighted by molar-refractivity contribution is 5.19. The fourth-order valence-electron chi connectivity index (χ4n) is 2.32. The van der Waals surface area contributed by atoms with Crippen molar-refractivity contribution in [3.05, 3.63) is 27.4 Å². The number of hydrogen-bond donors (Lipinski definition) is 3. The Hall–Kier alpha value is -1.20. The van der Waals surface area contributed by atoms with E-state index in [4.69, 9.17) is 5.11 Å². The average molecular weight is 267 g/mol. The first-order valence-corrected chi connectivity index (χ1v) is 6.91. The van der Waals surface area contributed by atoms with Crippen LogP contribution in [0.4, 0.5) is 0 Å². The Bertz CT molecular complexity index is 456. The minimum absolute atomic E-state index is 0.0374. The summed E-state index contributed by atoms with van der Waals surface area (Å²) in [5.41, 5.74) is 1.40. The lowest BCUT2D eigenvalue weighted by molar-refractivity contribution is 0.249. The number of aromatic nitrogens is 2. The first-order chi connectivity index (χ1) is 8.99. The number of nitrogens with one attached hydrogen (secondary N) is 2. The second kappa shape index (κ2) is 7.40. The summed E-state index contributed by atoms with van der Waals surface area (Å²) in [6.07, 6.45) is 1.81. The number of H-pyrrole nitrogens is 1. The Morgan fingerprint density at radius 3 is 2.63 bits per heavy atom. The molecular weight excluding hydrogens is 242 g/mol. The van der Waals surface area contributed by atoms with Gasteiger partial charge in [0.1, 0.15) is 5.82 Å². The van der Waals surface area contributed by atoms with Gasteiger partial charge in [-0.3, -0.25) is 4.79 Å². The number of aromatic amines is 1. The van der Waals surface area contributed by atoms with Gasteiger partial charge in [-0.25, -0.2) is 4.98 Å². The normalized spacial score (nSPS) is 14.4. The molecular formula is C14H25N3O2. The van der Waals surface area contributed by atoms with Gasteiger partial charge in [0.05, 0.1) is 5.56 Å². The quantitative estimate of drug-likeness (QED) is 0.698. The molecule has 1 aromatic rings. The summed E-state index contributed by atoms with van der Waals surface area (Å²) in [5, 5.41) is 12.3. The second-order valence-corrected chi connectivity index (χ2v) is 5.07. The Labute approximate surface area is 114 Å². The summed E-state index contributed by atoms with van der Waals surface area (Å²) >= 11 is 0. The summed E-state index contributed by atoms with van der Waals surface area (Å²) in [7, 11) is 0. The van der Waals surface area contributed by atoms with E-state index in [-0.39, 0.29) is 18.2 Å². The molecule has 108 valence electrons. The molecule has 0 amide bonds. The average Bonchev–Trinajstić information content (AvgIpc) is 2.33. The molecule has 1 heterocycles. The molecule has 0 bridgehead atoms. The van der Waals surface area contributed by atoms with E-state index in [9.17, 15) is 4.79 Å². The number of hydrogen-bond acceptors (Lipinski definition) is 4. The van der Waals surface area contributed by atoms with Crippen molar-refractivity contribution >= 4 is 0 Å². The van der Waals surface area contributed by atoms with E-state index in [1.54, 1.807) is 6.92 Å². The van der Waals surface area contributed by atoms with Crippen molar-refractivity contribution < 1.29 is 5.11 Å². The zero-order chi connectivity index (χ0) is 14.4. The highest BCUT2D eigenvalue weighted by Crippen LogP contribution is 2.13. The first-order valence-electron chi connectivity index (χ1n) is 6.91. The topological polar surface area (TPSA) is 78.0 Å². The smallest absolute Gasteiger partial charge is 0.255 e. The van der Waals surface area contributed by atoms with E-state index in [2.05, 4.69) is 22.2 Å². The number of nitrogens with zero attached hydrogens (tertiary/aromatic N) is 1. The molecule has 0 aromatic carbocycles. The minimum Gasteiger partial charge on any atom is -0.396 e. The van der Waals surface area contributed by atoms with Gasteiger partial charge in [-0.2, -0.15) is 0 Å². The molecule has 0 aliphatic heterocycles. The number of aliphatic hydroxyl groups is 1. The monoisotopic (exact) mass is 267 g/mol. The summed E-state index contributed by atoms with van der Waals surface area (Å²) in [4.78, 5) is 19.0. The Kier molecular flexibility index (Phi) is 6.18. The Morgan fingerprint density at radius 1 is 1.42 bits per heavy atom. The fourth-order valence-corrected chi connectivity index (χ4v) is 2.32. The van der Waals surface area contributed by atoms with Crippen LogP contribution < -0.4 is 10.9 Å². The van der Waals surface area contributed by atoms with Crippen molar-refractivity contribution in [1.29, 1.82) is 0 Å². The molecule has 0 aliphatic rings. The van der Waals surface area contributed by atoms with Crippen LogP contribution >= 0.6 is 0 Å². The van der Waals surface area contributed by atoms with E-state index < -0.39 is 0 Å². The number of aryl methyl sites for hydroxylation is 2. The molecule has 5 nitrogen and oxygen atoms in total. The molecule has 2 unspecified atom stereocenters. The van der Waals surface area contributed by atoms with E-state index in [1.807, 2.05) is 13.8 Å². The van der Waals surface area contributed by atoms with Gasteiger partial charge in [0.15, 0.2) is 0 Å². The molecule has 0 radical (unpaired) electrons. The van der Waals surface area contributed by atoms with Gasteiger partial charge in [0.25, 0.3) is 5.56 Å². The zero-order valence-corrected chi connectivity index (χ0v) is 12.3. The predicted molar refractivity (Wildman–Crippen MR) is 76.2 cm³/mol. The van der Waals surface area contributed by atoms with Gasteiger partial charge in [0.2, 0.25) is 0 Å². The van der Waals surface area contributed by atoms with Crippen molar-refractivity contribution in [3.63, 3.8) is 0 Å². The van der Waals surface area contributed by atoms with Crippen molar-refractivity contribution in [1.82, 2.24) is 15.3 Å². The summed E-state index contributed by atoms with van der Waals surface area (Å²) in [5.74, 6) is 1.08. The van der Waals surface area contributed by atoms with Crippen LogP contribution in [-0.2, 0) is 0 Å². The van der Waals surface area contributed by atoms with Crippen LogP contribution in [0.25, 0.3) is 0 Å². The zero-order valence-electron chi connectivity index (χ0n) is 12.3. The second-order valence-electron chi connectivity index (χ2n) is 5.07. The lowest BCUT2D eigenvalue weighted by atomic mass is 10.0. The number of aliphatic hydroxyl groups excluding tert-OH is 1. The molecule has 3 N–H and O–H groups in total. The SMILES string of the molecule is CCC(CCO)CNC(C)c1c(C)nc(C)[nH]c1=O. The van der Waals surface area contributed by atoms with Crippen molar-refractivity contribution in [2.24, 2.45) is 5.92 Å². The summed E-state index contributed by atoms with van der Waals surface area (Å²) in [6.45, 7) is 8.73. The first kappa shape index (κ1) is 15.9. The fraction of sp³-hybridized carbons (Fsp3) is 0.714. The van der Waals surface area contributed by atoms with E-state index >= 15 is 0 Å². The minimum atomic E-state index is -0.0693. The highest BCUT2D eigenvalue weighted by Gasteiger charge is 2.15. The maximum Gasteiger partial charge on any atom is 0.255 e. The van der Waals surface area contributed by atoms with Crippen LogP contribution in [0.3, 0.4) is 0 Å². The van der Waals surface area contributed by atoms with Gasteiger partial charge in [-0.1, -0.05) is 13.3 Å². The largest absolute Gasteiger partial charge is 0.396 e. The standard InChI is InChI=1S/C14H25N3O2/c1-5-12(6-7-18)8-15-9(2)13-10(3)16-11(4)17-14(13)19/h9,12,15,18H,5-8H2,1-4H3,(H,16,17,19). The van der Waals surface area contributed by atoms with Crippen molar-refractivity contribution in [3.8, 4) is 0 Å². The van der Waals surface area contributed by atoms with Crippen LogP contribution in [0.5, 0.6) is 0 Å². The molecule has 0 saturated heterocycles. The molecule has 1 aromatic heterocycles. The van der Waals surface area contributed by atoms with E-state index in [0.29, 0.717) is 17.3 Å². The van der Waals surface area contributed by atoms with Crippen molar-refractivity contribution in [2.45, 2.75) is 46.6 Å². The third-order valence-electron chi connectivity index (χ3n) is 3.52. The third kappa shape index (κ3) is 4.44. The molecule has 0 aliphatic carbocycles. The summed E-state index contributed by atoms with van der Waals surface area (Å²) in [6, 6.07) is -0.0374. The predicted octanol–water partition coefficient (Wildman–Crippen LogP) is 1.45. The molecule has 0 fully saturated rings. The van der Waals surface area contributed by atoms with E-state index in [1.165, 1.54) is 0 Å². The maximum absolute atomic E-state index is 12.0.